The highest BCUT2D eigenvalue weighted by atomic mass is 16.2. The predicted octanol–water partition coefficient (Wildman–Crippen LogP) is 3.28. The Labute approximate surface area is 171 Å². The van der Waals surface area contributed by atoms with Crippen LogP contribution >= 0.6 is 0 Å². The Morgan fingerprint density at radius 3 is 2.24 bits per heavy atom. The van der Waals surface area contributed by atoms with Gasteiger partial charge in [0.05, 0.1) is 0 Å². The first-order valence-corrected chi connectivity index (χ1v) is 9.93. The van der Waals surface area contributed by atoms with Crippen LogP contribution in [0.1, 0.15) is 53.0 Å². The van der Waals surface area contributed by atoms with Crippen molar-refractivity contribution in [3.63, 3.8) is 0 Å². The Bertz CT molecular complexity index is 902. The number of anilines is 1. The molecule has 3 N–H and O–H groups in total. The lowest BCUT2D eigenvalue weighted by Crippen LogP contribution is -2.47. The number of carbonyl (C=O) groups is 3. The van der Waals surface area contributed by atoms with Crippen LogP contribution in [-0.2, 0) is 4.79 Å². The van der Waals surface area contributed by atoms with Crippen molar-refractivity contribution in [1.29, 1.82) is 0 Å². The van der Waals surface area contributed by atoms with Crippen molar-refractivity contribution in [2.45, 2.75) is 45.7 Å². The first-order valence-electron chi connectivity index (χ1n) is 9.93. The zero-order chi connectivity index (χ0) is 21.0. The normalized spacial score (nSPS) is 14.2. The lowest BCUT2D eigenvalue weighted by Gasteiger charge is -2.22. The molecule has 0 aliphatic heterocycles. The summed E-state index contributed by atoms with van der Waals surface area (Å²) in [7, 11) is 0. The molecular weight excluding hydrogens is 366 g/mol. The molecule has 29 heavy (non-hydrogen) atoms. The van der Waals surface area contributed by atoms with E-state index >= 15 is 0 Å². The smallest absolute Gasteiger partial charge is 0.251 e. The van der Waals surface area contributed by atoms with E-state index in [1.54, 1.807) is 36.4 Å². The van der Waals surface area contributed by atoms with E-state index in [-0.39, 0.29) is 29.7 Å². The van der Waals surface area contributed by atoms with Crippen molar-refractivity contribution in [3.05, 3.63) is 65.2 Å². The van der Waals surface area contributed by atoms with Crippen LogP contribution in [0.4, 0.5) is 5.69 Å². The van der Waals surface area contributed by atoms with E-state index in [1.807, 2.05) is 32.9 Å². The monoisotopic (exact) mass is 393 g/mol. The van der Waals surface area contributed by atoms with Gasteiger partial charge < -0.3 is 16.0 Å². The van der Waals surface area contributed by atoms with Gasteiger partial charge in [0.15, 0.2) is 0 Å². The summed E-state index contributed by atoms with van der Waals surface area (Å²) in [5.74, 6) is -0.862. The standard InChI is InChI=1S/C23H27N3O3/c1-14(2)20(26-21(27)16-9-7-15(3)8-10-16)23(29)25-19-6-4-5-17(13-19)22(28)24-18-11-12-18/h4-10,13-14,18,20H,11-12H2,1-3H3,(H,24,28)(H,25,29)(H,26,27)/t20-/m1/s1. The molecule has 1 aliphatic rings. The number of amides is 3. The van der Waals surface area contributed by atoms with Crippen LogP contribution < -0.4 is 16.0 Å². The Morgan fingerprint density at radius 2 is 1.62 bits per heavy atom. The van der Waals surface area contributed by atoms with Gasteiger partial charge in [0, 0.05) is 22.9 Å². The Morgan fingerprint density at radius 1 is 0.931 bits per heavy atom. The fraction of sp³-hybridized carbons (Fsp3) is 0.348. The van der Waals surface area contributed by atoms with Gasteiger partial charge in [-0.3, -0.25) is 14.4 Å². The number of carbonyl (C=O) groups excluding carboxylic acids is 3. The van der Waals surface area contributed by atoms with Crippen molar-refractivity contribution in [2.24, 2.45) is 5.92 Å². The second-order valence-corrected chi connectivity index (χ2v) is 7.88. The van der Waals surface area contributed by atoms with E-state index in [1.165, 1.54) is 0 Å². The summed E-state index contributed by atoms with van der Waals surface area (Å²) in [6.45, 7) is 5.70. The molecule has 2 aromatic rings. The third-order valence-corrected chi connectivity index (χ3v) is 4.85. The maximum atomic E-state index is 12.8. The molecule has 3 rings (SSSR count). The van der Waals surface area contributed by atoms with E-state index < -0.39 is 6.04 Å². The zero-order valence-corrected chi connectivity index (χ0v) is 17.0. The van der Waals surface area contributed by atoms with Crippen molar-refractivity contribution in [2.75, 3.05) is 5.32 Å². The van der Waals surface area contributed by atoms with Gasteiger partial charge in [-0.05, 0) is 56.0 Å². The minimum Gasteiger partial charge on any atom is -0.349 e. The molecule has 2 aromatic carbocycles. The second-order valence-electron chi connectivity index (χ2n) is 7.88. The molecule has 0 aromatic heterocycles. The molecule has 0 bridgehead atoms. The number of rotatable bonds is 7. The fourth-order valence-electron chi connectivity index (χ4n) is 2.92. The third-order valence-electron chi connectivity index (χ3n) is 4.85. The first-order chi connectivity index (χ1) is 13.8. The van der Waals surface area contributed by atoms with Crippen molar-refractivity contribution in [3.8, 4) is 0 Å². The maximum absolute atomic E-state index is 12.8. The summed E-state index contributed by atoms with van der Waals surface area (Å²) in [5, 5.41) is 8.56. The largest absolute Gasteiger partial charge is 0.349 e. The molecule has 0 unspecified atom stereocenters. The zero-order valence-electron chi connectivity index (χ0n) is 17.0. The lowest BCUT2D eigenvalue weighted by atomic mass is 10.0. The average molecular weight is 393 g/mol. The highest BCUT2D eigenvalue weighted by Crippen LogP contribution is 2.20. The molecule has 1 saturated carbocycles. The van der Waals surface area contributed by atoms with E-state index in [4.69, 9.17) is 0 Å². The topological polar surface area (TPSA) is 87.3 Å². The Hall–Kier alpha value is -3.15. The quantitative estimate of drug-likeness (QED) is 0.675. The fourth-order valence-corrected chi connectivity index (χ4v) is 2.92. The van der Waals surface area contributed by atoms with Crippen molar-refractivity contribution in [1.82, 2.24) is 10.6 Å². The molecule has 0 heterocycles. The molecule has 1 fully saturated rings. The molecular formula is C23H27N3O3. The predicted molar refractivity (Wildman–Crippen MR) is 113 cm³/mol. The van der Waals surface area contributed by atoms with Crippen LogP contribution in [-0.4, -0.2) is 29.8 Å². The summed E-state index contributed by atoms with van der Waals surface area (Å²) >= 11 is 0. The molecule has 3 amide bonds. The molecule has 1 aliphatic carbocycles. The number of hydrogen-bond acceptors (Lipinski definition) is 3. The van der Waals surface area contributed by atoms with Crippen LogP contribution in [0.15, 0.2) is 48.5 Å². The van der Waals surface area contributed by atoms with Gasteiger partial charge in [-0.1, -0.05) is 37.6 Å². The van der Waals surface area contributed by atoms with Crippen LogP contribution in [0, 0.1) is 12.8 Å². The van der Waals surface area contributed by atoms with E-state index in [9.17, 15) is 14.4 Å². The summed E-state index contributed by atoms with van der Waals surface area (Å²) in [6.07, 6.45) is 2.03. The van der Waals surface area contributed by atoms with Crippen LogP contribution in [0.2, 0.25) is 0 Å². The van der Waals surface area contributed by atoms with Gasteiger partial charge in [-0.25, -0.2) is 0 Å². The van der Waals surface area contributed by atoms with Crippen molar-refractivity contribution < 1.29 is 14.4 Å². The minimum absolute atomic E-state index is 0.106. The highest BCUT2D eigenvalue weighted by molar-refractivity contribution is 6.02. The van der Waals surface area contributed by atoms with Gasteiger partial charge >= 0.3 is 0 Å². The van der Waals surface area contributed by atoms with Gasteiger partial charge in [-0.15, -0.1) is 0 Å². The Kier molecular flexibility index (Phi) is 6.32. The number of aryl methyl sites for hydroxylation is 1. The van der Waals surface area contributed by atoms with Crippen LogP contribution in [0.25, 0.3) is 0 Å². The van der Waals surface area contributed by atoms with E-state index in [0.717, 1.165) is 18.4 Å². The van der Waals surface area contributed by atoms with E-state index in [2.05, 4.69) is 16.0 Å². The van der Waals surface area contributed by atoms with Crippen LogP contribution in [0.5, 0.6) is 0 Å². The number of nitrogens with one attached hydrogen (secondary N) is 3. The van der Waals surface area contributed by atoms with Crippen LogP contribution in [0.3, 0.4) is 0 Å². The maximum Gasteiger partial charge on any atom is 0.251 e. The minimum atomic E-state index is -0.701. The summed E-state index contributed by atoms with van der Waals surface area (Å²) < 4.78 is 0. The molecule has 1 atom stereocenters. The summed E-state index contributed by atoms with van der Waals surface area (Å²) in [5.41, 5.74) is 2.59. The Balaban J connectivity index is 1.67. The summed E-state index contributed by atoms with van der Waals surface area (Å²) in [4.78, 5) is 37.6. The van der Waals surface area contributed by atoms with Crippen molar-refractivity contribution >= 4 is 23.4 Å². The average Bonchev–Trinajstić information content (AvgIpc) is 3.50. The SMILES string of the molecule is Cc1ccc(C(=O)N[C@@H](C(=O)Nc2cccc(C(=O)NC3CC3)c2)C(C)C)cc1. The first kappa shape index (κ1) is 20.6. The number of hydrogen-bond donors (Lipinski definition) is 3. The second kappa shape index (κ2) is 8.90. The van der Waals surface area contributed by atoms with Gasteiger partial charge in [0.1, 0.15) is 6.04 Å². The highest BCUT2D eigenvalue weighted by Gasteiger charge is 2.26. The molecule has 6 heteroatoms. The molecule has 0 spiro atoms. The molecule has 0 saturated heterocycles. The lowest BCUT2D eigenvalue weighted by molar-refractivity contribution is -0.118. The van der Waals surface area contributed by atoms with Gasteiger partial charge in [0.2, 0.25) is 5.91 Å². The number of benzene rings is 2. The van der Waals surface area contributed by atoms with E-state index in [0.29, 0.717) is 16.8 Å². The summed E-state index contributed by atoms with van der Waals surface area (Å²) in [6, 6.07) is 13.6. The van der Waals surface area contributed by atoms with Gasteiger partial charge in [0.25, 0.3) is 11.8 Å². The van der Waals surface area contributed by atoms with Gasteiger partial charge in [-0.2, -0.15) is 0 Å². The molecule has 0 radical (unpaired) electrons. The third kappa shape index (κ3) is 5.67. The molecule has 152 valence electrons. The molecule has 6 nitrogen and oxygen atoms in total.